The van der Waals surface area contributed by atoms with Gasteiger partial charge >= 0.3 is 100 Å². The highest BCUT2D eigenvalue weighted by Gasteiger charge is 2.52. The van der Waals surface area contributed by atoms with Crippen LogP contribution in [-0.4, -0.2) is 149 Å². The quantitative estimate of drug-likeness (QED) is 0.0285. The Hall–Kier alpha value is 1.47. The molecule has 1 radical (unpaired) electrons. The topological polar surface area (TPSA) is 167 Å². The maximum atomic E-state index is 11.9. The number of ether oxygens (including phenoxy) is 2. The highest BCUT2D eigenvalue weighted by atomic mass is 28.5. The van der Waals surface area contributed by atoms with Crippen LogP contribution in [0.4, 0.5) is 0 Å². The molecule has 0 aromatic carbocycles. The molecule has 0 aliphatic heterocycles. The molecule has 2 atom stereocenters. The van der Waals surface area contributed by atoms with E-state index < -0.39 is 124 Å². The van der Waals surface area contributed by atoms with E-state index in [4.69, 9.17) is 58.9 Å². The summed E-state index contributed by atoms with van der Waals surface area (Å²) in [7, 11) is -33.4. The first-order valence-electron chi connectivity index (χ1n) is 24.0. The molecule has 0 spiro atoms. The van der Waals surface area contributed by atoms with Crippen molar-refractivity contribution in [2.75, 3.05) is 19.8 Å². The van der Waals surface area contributed by atoms with E-state index in [1.165, 1.54) is 0 Å². The summed E-state index contributed by atoms with van der Waals surface area (Å²) in [6, 6.07) is 0.678. The highest BCUT2D eigenvalue weighted by Crippen LogP contribution is 2.39. The van der Waals surface area contributed by atoms with E-state index in [1.807, 2.05) is 65.5 Å². The molecule has 0 fully saturated rings. The molecular formula is C39H101O16Si13. The number of aliphatic hydroxyl groups excluding tert-OH is 1. The number of esters is 1. The monoisotopic (exact) mass is 1190 g/mol. The van der Waals surface area contributed by atoms with Gasteiger partial charge in [-0.05, 0) is 188 Å². The zero-order valence-corrected chi connectivity index (χ0v) is 61.4. The molecule has 0 aromatic heterocycles. The molecule has 0 amide bonds. The molecule has 0 aromatic rings. The molecule has 0 saturated carbocycles. The first kappa shape index (κ1) is 69.5. The Kier molecular flexibility index (Phi) is 26.1. The third-order valence-electron chi connectivity index (χ3n) is 9.66. The summed E-state index contributed by atoms with van der Waals surface area (Å²) < 4.78 is 93.1. The van der Waals surface area contributed by atoms with Crippen molar-refractivity contribution in [1.82, 2.24) is 0 Å². The molecule has 0 rings (SSSR count). The lowest BCUT2D eigenvalue weighted by atomic mass is 10.2. The lowest BCUT2D eigenvalue weighted by molar-refractivity contribution is -0.149. The third-order valence-corrected chi connectivity index (χ3v) is 61.0. The fourth-order valence-corrected chi connectivity index (χ4v) is 72.4. The average Bonchev–Trinajstić information content (AvgIpc) is 2.96. The number of carbonyl (C=O) groups excluding carboxylic acids is 1. The van der Waals surface area contributed by atoms with Crippen LogP contribution < -0.4 is 0 Å². The highest BCUT2D eigenvalue weighted by molar-refractivity contribution is 6.94. The van der Waals surface area contributed by atoms with E-state index in [2.05, 4.69) is 126 Å². The fourth-order valence-electron chi connectivity index (χ4n) is 8.46. The van der Waals surface area contributed by atoms with Crippen LogP contribution in [0.2, 0.25) is 175 Å². The second-order valence-electron chi connectivity index (χ2n) is 24.2. The minimum Gasteiger partial charge on any atom is -0.454 e. The minimum absolute atomic E-state index is 0.0803. The Balaban J connectivity index is 5.70. The van der Waals surface area contributed by atoms with Gasteiger partial charge in [-0.2, -0.15) is 0 Å². The van der Waals surface area contributed by atoms with Gasteiger partial charge in [0, 0.05) is 12.2 Å². The zero-order chi connectivity index (χ0) is 54.2. The molecule has 0 aliphatic rings. The normalized spacial score (nSPS) is 16.3. The number of hydrogen-bond donors (Lipinski definition) is 1. The molecule has 0 aliphatic carbocycles. The van der Waals surface area contributed by atoms with Gasteiger partial charge in [0.25, 0.3) is 0 Å². The second kappa shape index (κ2) is 25.5. The van der Waals surface area contributed by atoms with Crippen molar-refractivity contribution >= 4 is 117 Å². The lowest BCUT2D eigenvalue weighted by Gasteiger charge is -2.46. The molecule has 0 bridgehead atoms. The van der Waals surface area contributed by atoms with Crippen molar-refractivity contribution in [2.24, 2.45) is 0 Å². The van der Waals surface area contributed by atoms with Crippen molar-refractivity contribution < 1.29 is 68.8 Å². The lowest BCUT2D eigenvalue weighted by Crippen LogP contribution is -2.63. The van der Waals surface area contributed by atoms with Crippen molar-refractivity contribution in [1.29, 1.82) is 0 Å². The Bertz CT molecular complexity index is 1610. The molecule has 0 saturated heterocycles. The van der Waals surface area contributed by atoms with Gasteiger partial charge in [-0.1, -0.05) is 27.4 Å². The molecule has 29 heteroatoms. The summed E-state index contributed by atoms with van der Waals surface area (Å²) in [5.74, 6) is -0.556. The van der Waals surface area contributed by atoms with Crippen LogP contribution in [0.5, 0.6) is 0 Å². The summed E-state index contributed by atoms with van der Waals surface area (Å²) in [5.41, 5.74) is 0.266. The zero-order valence-electron chi connectivity index (χ0n) is 48.4. The van der Waals surface area contributed by atoms with Crippen molar-refractivity contribution in [3.8, 4) is 0 Å². The Morgan fingerprint density at radius 2 is 0.794 bits per heavy atom. The van der Waals surface area contributed by atoms with Crippen LogP contribution in [-0.2, 0) is 63.7 Å². The summed E-state index contributed by atoms with van der Waals surface area (Å²) in [5, 5.41) is 9.72. The van der Waals surface area contributed by atoms with Gasteiger partial charge in [-0.25, -0.2) is 4.79 Å². The SMILES string of the molecule is C=C(C)C(=O)OC(CO)COCCC[Si](C)(O[Si](C)C)O[Si](C)(C)O[Si](C)(C)O[Si](C)(C)O[Si](C)(C)O[Si](C)(C)O[Si](C)(C)O[Si](C)(C)O[Si](C)(C)O[Si](C)(C)O[Si](C)(C)O[Si](C)(C)C(C)(C)C. The molecule has 0 heterocycles. The summed E-state index contributed by atoms with van der Waals surface area (Å²) in [6.45, 7) is 64.1. The second-order valence-corrected chi connectivity index (χ2v) is 71.1. The van der Waals surface area contributed by atoms with Gasteiger partial charge in [-0.15, -0.1) is 0 Å². The first-order valence-corrected chi connectivity index (χ1v) is 60.0. The number of hydrogen-bond acceptors (Lipinski definition) is 16. The Morgan fingerprint density at radius 1 is 0.515 bits per heavy atom. The minimum atomic E-state index is -2.83. The van der Waals surface area contributed by atoms with Gasteiger partial charge in [-0.3, -0.25) is 0 Å². The van der Waals surface area contributed by atoms with E-state index in [-0.39, 0.29) is 23.8 Å². The van der Waals surface area contributed by atoms with Crippen LogP contribution in [0.1, 0.15) is 34.1 Å². The van der Waals surface area contributed by atoms with E-state index >= 15 is 0 Å². The van der Waals surface area contributed by atoms with E-state index in [9.17, 15) is 9.90 Å². The van der Waals surface area contributed by atoms with Crippen molar-refractivity contribution in [3.63, 3.8) is 0 Å². The predicted molar refractivity (Wildman–Crippen MR) is 306 cm³/mol. The van der Waals surface area contributed by atoms with Crippen LogP contribution >= 0.6 is 0 Å². The van der Waals surface area contributed by atoms with Gasteiger partial charge in [0.05, 0.1) is 13.2 Å². The fraction of sp³-hybridized carbons (Fsp3) is 0.923. The average molecular weight is 1190 g/mol. The molecule has 1 N–H and O–H groups in total. The van der Waals surface area contributed by atoms with Gasteiger partial charge in [0.2, 0.25) is 0 Å². The third kappa shape index (κ3) is 29.5. The van der Waals surface area contributed by atoms with E-state index in [1.54, 1.807) is 6.92 Å². The number of aliphatic hydroxyl groups is 1. The van der Waals surface area contributed by atoms with E-state index in [0.717, 1.165) is 0 Å². The summed E-state index contributed by atoms with van der Waals surface area (Å²) in [6.07, 6.45) is -0.0914. The molecule has 68 heavy (non-hydrogen) atoms. The van der Waals surface area contributed by atoms with Crippen LogP contribution in [0.3, 0.4) is 0 Å². The predicted octanol–water partition coefficient (Wildman–Crippen LogP) is 11.4. The maximum absolute atomic E-state index is 11.9. The van der Waals surface area contributed by atoms with Gasteiger partial charge in [0.1, 0.15) is 6.10 Å². The van der Waals surface area contributed by atoms with Crippen LogP contribution in [0, 0.1) is 0 Å². The standard InChI is InChI=1S/C39H101O16Si13/c1-36(2)38(41)43-37(34-40)35-42-32-31-33-68(30,44-56(6)7)55-67(28,29)54-66(26,27)53-65(24,25)52-64(22,23)51-63(20,21)50-62(18,19)49-61(16,17)48-60(14,15)47-59(12,13)46-58(10,11)45-57(8,9)39(3,4)5/h37,40H,1,31-35H2,2-30H3. The molecular weight excluding hydrogens is 1090 g/mol. The molecule has 405 valence electrons. The van der Waals surface area contributed by atoms with Crippen LogP contribution in [0.25, 0.3) is 0 Å². The van der Waals surface area contributed by atoms with Crippen molar-refractivity contribution in [2.45, 2.75) is 215 Å². The Morgan fingerprint density at radius 3 is 1.04 bits per heavy atom. The molecule has 2 unspecified atom stereocenters. The maximum Gasteiger partial charge on any atom is 0.333 e. The van der Waals surface area contributed by atoms with Gasteiger partial charge in [0.15, 0.2) is 17.4 Å². The van der Waals surface area contributed by atoms with E-state index in [0.29, 0.717) is 19.1 Å². The van der Waals surface area contributed by atoms with Crippen molar-refractivity contribution in [3.05, 3.63) is 12.2 Å². The summed E-state index contributed by atoms with van der Waals surface area (Å²) in [4.78, 5) is 11.9. The number of carbonyl (C=O) groups is 1. The molecule has 16 nitrogen and oxygen atoms in total. The Labute approximate surface area is 430 Å². The van der Waals surface area contributed by atoms with Gasteiger partial charge < -0.3 is 64.0 Å². The first-order chi connectivity index (χ1) is 29.7. The van der Waals surface area contributed by atoms with Crippen LogP contribution in [0.15, 0.2) is 12.2 Å². The number of rotatable bonds is 33. The largest absolute Gasteiger partial charge is 0.454 e. The smallest absolute Gasteiger partial charge is 0.333 e. The summed E-state index contributed by atoms with van der Waals surface area (Å²) >= 11 is 0.